The number of thiocarbonyl (C=S) groups is 1. The monoisotopic (exact) mass is 1160 g/mol. The Morgan fingerprint density at radius 2 is 1.54 bits per heavy atom. The van der Waals surface area contributed by atoms with Crippen LogP contribution in [0.3, 0.4) is 0 Å². The van der Waals surface area contributed by atoms with Gasteiger partial charge in [-0.2, -0.15) is 13.6 Å². The zero-order valence-electron chi connectivity index (χ0n) is 44.9. The quantitative estimate of drug-likeness (QED) is 0.0362. The van der Waals surface area contributed by atoms with Crippen LogP contribution in [0.15, 0.2) is 135 Å². The van der Waals surface area contributed by atoms with Crippen molar-refractivity contribution in [2.24, 2.45) is 5.73 Å². The Morgan fingerprint density at radius 3 is 2.09 bits per heavy atom. The fourth-order valence-corrected chi connectivity index (χ4v) is 8.71. The SMILES string of the molecule is CCCCc1nc(C)c(CC(=S)N(C)C)c(=O)n1Cc1ccc(-c2ccccc2-c2nnn[n-]2)cc1.CCOC(=O)C1=C(COCCN)NC(C)=C(C(=O)OC)C1c1ccccc1Cl.O.O.O.O=S(=O)(O)c1ccccc1.[K+]. The molecular weight excluding hydrogens is 1090 g/mol. The number of halogens is 1. The van der Waals surface area contributed by atoms with Gasteiger partial charge >= 0.3 is 63.3 Å². The molecule has 0 spiro atoms. The molecule has 4 aromatic carbocycles. The molecule has 0 radical (unpaired) electrons. The molecule has 0 bridgehead atoms. The number of carbonyl (C=O) groups is 2. The minimum atomic E-state index is -4.00. The van der Waals surface area contributed by atoms with Crippen LogP contribution in [0.5, 0.6) is 0 Å². The van der Waals surface area contributed by atoms with Crippen molar-refractivity contribution >= 4 is 50.9 Å². The van der Waals surface area contributed by atoms with Crippen LogP contribution in [-0.2, 0) is 53.3 Å². The van der Waals surface area contributed by atoms with Crippen molar-refractivity contribution < 1.29 is 105 Å². The second-order valence-electron chi connectivity index (χ2n) is 16.8. The maximum absolute atomic E-state index is 13.6. The van der Waals surface area contributed by atoms with Crippen molar-refractivity contribution in [3.63, 3.8) is 0 Å². The van der Waals surface area contributed by atoms with Crippen LogP contribution in [0.1, 0.15) is 67.7 Å². The number of nitrogens with one attached hydrogen (secondary N) is 1. The number of carbonyl (C=O) groups excluding carboxylic acids is 2. The van der Waals surface area contributed by atoms with E-state index in [1.54, 1.807) is 56.3 Å². The molecule has 3 heterocycles. The van der Waals surface area contributed by atoms with Gasteiger partial charge in [0, 0.05) is 61.3 Å². The number of allylic oxidation sites excluding steroid dienone is 1. The first-order chi connectivity index (χ1) is 35.4. The Kier molecular flexibility index (Phi) is 31.3. The third-order valence-corrected chi connectivity index (χ3v) is 13.3. The minimum absolute atomic E-state index is 0. The number of aryl methyl sites for hydroxylation is 2. The normalized spacial score (nSPS) is 12.5. The summed E-state index contributed by atoms with van der Waals surface area (Å²) in [7, 11) is 1.09. The largest absolute Gasteiger partial charge is 1.00 e. The van der Waals surface area contributed by atoms with Gasteiger partial charge in [0.15, 0.2) is 0 Å². The number of methoxy groups -OCH3 is 1. The van der Waals surface area contributed by atoms with E-state index in [0.29, 0.717) is 70.0 Å². The molecule has 21 nitrogen and oxygen atoms in total. The number of ether oxygens (including phenoxy) is 3. The Balaban J connectivity index is 0.000000646. The Morgan fingerprint density at radius 1 is 0.910 bits per heavy atom. The molecule has 10 N–H and O–H groups in total. The first kappa shape index (κ1) is 70.6. The number of nitrogens with two attached hydrogens (primary N) is 1. The zero-order valence-corrected chi connectivity index (χ0v) is 50.4. The number of aromatic nitrogens is 6. The van der Waals surface area contributed by atoms with Gasteiger partial charge < -0.3 is 51.7 Å². The van der Waals surface area contributed by atoms with E-state index in [1.165, 1.54) is 19.2 Å². The second-order valence-corrected chi connectivity index (χ2v) is 19.1. The Hall–Kier alpha value is -5.42. The molecule has 0 fully saturated rings. The number of esters is 2. The zero-order chi connectivity index (χ0) is 54.0. The molecule has 1 unspecified atom stereocenters. The molecule has 0 amide bonds. The van der Waals surface area contributed by atoms with Gasteiger partial charge in [-0.25, -0.2) is 14.6 Å². The molecule has 25 heteroatoms. The molecule has 0 saturated carbocycles. The van der Waals surface area contributed by atoms with Crippen molar-refractivity contribution in [1.82, 2.24) is 40.4 Å². The molecule has 2 aromatic heterocycles. The topological polar surface area (TPSA) is 340 Å². The third-order valence-electron chi connectivity index (χ3n) is 11.5. The third kappa shape index (κ3) is 19.1. The van der Waals surface area contributed by atoms with Crippen LogP contribution in [0.4, 0.5) is 0 Å². The van der Waals surface area contributed by atoms with Gasteiger partial charge in [-0.15, -0.1) is 0 Å². The van der Waals surface area contributed by atoms with E-state index < -0.39 is 28.0 Å². The summed E-state index contributed by atoms with van der Waals surface area (Å²) in [4.78, 5) is 46.4. The summed E-state index contributed by atoms with van der Waals surface area (Å²) < 4.78 is 46.8. The maximum atomic E-state index is 13.6. The van der Waals surface area contributed by atoms with Gasteiger partial charge in [-0.3, -0.25) is 24.2 Å². The Bertz CT molecular complexity index is 3130. The molecule has 0 aliphatic carbocycles. The molecule has 0 saturated heterocycles. The van der Waals surface area contributed by atoms with Crippen LogP contribution >= 0.6 is 23.8 Å². The van der Waals surface area contributed by atoms with Gasteiger partial charge in [0.1, 0.15) is 5.82 Å². The molecule has 1 aliphatic heterocycles. The van der Waals surface area contributed by atoms with Crippen LogP contribution < -0.4 is 73.1 Å². The van der Waals surface area contributed by atoms with Crippen molar-refractivity contribution in [1.29, 1.82) is 0 Å². The number of unbranched alkanes of at least 4 members (excludes halogenated alkanes) is 1. The summed E-state index contributed by atoms with van der Waals surface area (Å²) in [5.74, 6) is -0.547. The number of rotatable bonds is 18. The fourth-order valence-electron chi connectivity index (χ4n) is 7.82. The molecule has 7 rings (SSSR count). The molecule has 1 atom stereocenters. The molecule has 6 aromatic rings. The first-order valence-corrected chi connectivity index (χ1v) is 25.9. The minimum Gasteiger partial charge on any atom is -0.466 e. The number of dihydropyridines is 1. The fraction of sp³-hybridized carbons (Fsp3) is 0.321. The summed E-state index contributed by atoms with van der Waals surface area (Å²) in [6.45, 7) is 8.91. The van der Waals surface area contributed by atoms with E-state index in [4.69, 9.17) is 53.3 Å². The summed E-state index contributed by atoms with van der Waals surface area (Å²) in [6.07, 6.45) is 3.19. The summed E-state index contributed by atoms with van der Waals surface area (Å²) in [5, 5.41) is 18.8. The average molecular weight is 1160 g/mol. The van der Waals surface area contributed by atoms with Crippen LogP contribution in [-0.4, -0.2) is 124 Å². The van der Waals surface area contributed by atoms with E-state index in [-0.39, 0.29) is 97.1 Å². The number of benzene rings is 4. The first-order valence-electron chi connectivity index (χ1n) is 23.6. The van der Waals surface area contributed by atoms with E-state index in [2.05, 4.69) is 57.1 Å². The number of likely N-dealkylation sites (N-methyl/N-ethyl adjacent to an activating group) is 1. The van der Waals surface area contributed by atoms with Crippen molar-refractivity contribution in [2.45, 2.75) is 70.7 Å². The summed E-state index contributed by atoms with van der Waals surface area (Å²) in [6, 6.07) is 30.6. The standard InChI is InChI=1S/C27H30N7OS.C20H25ClN2O5.C6H6O3S.K.3H2O/c1-5-6-11-24-28-18(2)23(16-25(36)33(3)4)27(35)34(24)17-19-12-14-20(15-13-19)21-9-7-8-10-22(21)26-29-31-32-30-26;1-4-28-20(25)18-15(11-27-10-9-22)23-12(2)16(19(24)26-3)17(18)13-7-5-6-8-14(13)21;7-10(8,9)6-4-2-1-3-5-6;;;;/h7-10,12-15H,5-6,11,16-17H2,1-4H3;5-8,17,23H,4,9-11,22H2,1-3H3;1-5H,(H,7,8,9);;3*1H2/q-1;;;+1;;;. The number of hydrogen-bond donors (Lipinski definition) is 3. The van der Waals surface area contributed by atoms with E-state index in [1.807, 2.05) is 54.8 Å². The summed E-state index contributed by atoms with van der Waals surface area (Å²) >= 11 is 11.9. The Labute approximate surface area is 507 Å². The van der Waals surface area contributed by atoms with Gasteiger partial charge in [0.05, 0.1) is 66.1 Å². The van der Waals surface area contributed by atoms with Gasteiger partial charge in [-0.1, -0.05) is 122 Å². The number of nitrogens with zero attached hydrogens (tertiary/aromatic N) is 7. The van der Waals surface area contributed by atoms with Crippen LogP contribution in [0.25, 0.3) is 22.5 Å². The molecule has 1 aliphatic rings. The smallest absolute Gasteiger partial charge is 0.466 e. The van der Waals surface area contributed by atoms with Crippen LogP contribution in [0, 0.1) is 6.92 Å². The average Bonchev–Trinajstić information content (AvgIpc) is 3.94. The van der Waals surface area contributed by atoms with Gasteiger partial charge in [0.2, 0.25) is 0 Å². The number of hydrogen-bond acceptors (Lipinski definition) is 15. The van der Waals surface area contributed by atoms with E-state index in [0.717, 1.165) is 53.0 Å². The van der Waals surface area contributed by atoms with Crippen molar-refractivity contribution in [3.8, 4) is 22.5 Å². The molecular formula is C53H67ClKN9O12S2. The van der Waals surface area contributed by atoms with Crippen LogP contribution in [0.2, 0.25) is 5.02 Å². The van der Waals surface area contributed by atoms with E-state index >= 15 is 0 Å². The predicted molar refractivity (Wildman–Crippen MR) is 298 cm³/mol. The van der Waals surface area contributed by atoms with Crippen molar-refractivity contribution in [3.05, 3.63) is 169 Å². The van der Waals surface area contributed by atoms with Gasteiger partial charge in [-0.05, 0) is 73.2 Å². The van der Waals surface area contributed by atoms with Crippen molar-refractivity contribution in [2.75, 3.05) is 47.6 Å². The molecule has 416 valence electrons. The van der Waals surface area contributed by atoms with E-state index in [9.17, 15) is 22.8 Å². The molecule has 78 heavy (non-hydrogen) atoms. The van der Waals surface area contributed by atoms with Gasteiger partial charge in [0.25, 0.3) is 15.7 Å². The summed E-state index contributed by atoms with van der Waals surface area (Å²) in [5.41, 5.74) is 13.0. The second kappa shape index (κ2) is 34.6. The number of tetrazole rings is 1. The maximum Gasteiger partial charge on any atom is 1.00 e. The predicted octanol–water partition coefficient (Wildman–Crippen LogP) is 1.58.